The molecule has 0 saturated carbocycles. The Morgan fingerprint density at radius 2 is 2.24 bits per heavy atom. The second-order valence-corrected chi connectivity index (χ2v) is 4.54. The number of nitrogens with one attached hydrogen (secondary N) is 1. The summed E-state index contributed by atoms with van der Waals surface area (Å²) in [6, 6.07) is 8.84. The molecule has 0 fully saturated rings. The second-order valence-electron chi connectivity index (χ2n) is 4.54. The highest BCUT2D eigenvalue weighted by atomic mass is 16.5. The molecule has 0 aromatic carbocycles. The Bertz CT molecular complexity index is 676. The van der Waals surface area contributed by atoms with Crippen LogP contribution in [-0.4, -0.2) is 29.5 Å². The second kappa shape index (κ2) is 5.37. The lowest BCUT2D eigenvalue weighted by molar-refractivity contribution is -0.117. The van der Waals surface area contributed by atoms with Crippen LogP contribution in [-0.2, 0) is 4.79 Å². The minimum Gasteiger partial charge on any atom is -0.481 e. The van der Waals surface area contributed by atoms with Crippen LogP contribution in [0.2, 0.25) is 0 Å². The Hall–Kier alpha value is -2.67. The van der Waals surface area contributed by atoms with Gasteiger partial charge in [0.1, 0.15) is 6.17 Å². The smallest absolute Gasteiger partial charge is 0.248 e. The van der Waals surface area contributed by atoms with Gasteiger partial charge in [-0.25, -0.2) is 9.97 Å². The molecule has 0 radical (unpaired) electrons. The maximum Gasteiger partial charge on any atom is 0.248 e. The third kappa shape index (κ3) is 2.38. The SMILES string of the molecule is COc1cccc(C(N)N2C(=O)CNc3ncccc32)n1. The fraction of sp³-hybridized carbons (Fsp3) is 0.214. The highest BCUT2D eigenvalue weighted by Gasteiger charge is 2.30. The van der Waals surface area contributed by atoms with E-state index >= 15 is 0 Å². The van der Waals surface area contributed by atoms with E-state index in [1.807, 2.05) is 0 Å². The van der Waals surface area contributed by atoms with Crippen LogP contribution < -0.4 is 20.7 Å². The number of pyridine rings is 2. The number of hydrogen-bond acceptors (Lipinski definition) is 6. The first-order valence-corrected chi connectivity index (χ1v) is 6.48. The molecule has 7 nitrogen and oxygen atoms in total. The van der Waals surface area contributed by atoms with Crippen LogP contribution in [0.3, 0.4) is 0 Å². The molecule has 3 rings (SSSR count). The van der Waals surface area contributed by atoms with Gasteiger partial charge in [-0.1, -0.05) is 6.07 Å². The number of hydrogen-bond donors (Lipinski definition) is 2. The van der Waals surface area contributed by atoms with Crippen molar-refractivity contribution in [1.29, 1.82) is 0 Å². The lowest BCUT2D eigenvalue weighted by atomic mass is 10.2. The summed E-state index contributed by atoms with van der Waals surface area (Å²) in [4.78, 5) is 22.2. The molecular formula is C14H15N5O2. The van der Waals surface area contributed by atoms with E-state index in [2.05, 4.69) is 15.3 Å². The molecule has 1 aliphatic heterocycles. The van der Waals surface area contributed by atoms with Crippen molar-refractivity contribution >= 4 is 17.4 Å². The van der Waals surface area contributed by atoms with Gasteiger partial charge in [0.05, 0.1) is 25.0 Å². The summed E-state index contributed by atoms with van der Waals surface area (Å²) in [5.41, 5.74) is 7.43. The highest BCUT2D eigenvalue weighted by Crippen LogP contribution is 2.31. The molecule has 0 spiro atoms. The van der Waals surface area contributed by atoms with Crippen molar-refractivity contribution in [1.82, 2.24) is 9.97 Å². The van der Waals surface area contributed by atoms with Crippen LogP contribution in [0.15, 0.2) is 36.5 Å². The molecule has 108 valence electrons. The number of methoxy groups -OCH3 is 1. The van der Waals surface area contributed by atoms with Crippen LogP contribution in [0.5, 0.6) is 5.88 Å². The predicted octanol–water partition coefficient (Wildman–Crippen LogP) is 0.901. The van der Waals surface area contributed by atoms with Crippen LogP contribution in [0.4, 0.5) is 11.5 Å². The quantitative estimate of drug-likeness (QED) is 0.870. The molecule has 1 atom stereocenters. The molecule has 0 saturated heterocycles. The van der Waals surface area contributed by atoms with E-state index in [9.17, 15) is 4.79 Å². The molecule has 7 heteroatoms. The molecule has 1 aliphatic rings. The number of carbonyl (C=O) groups excluding carboxylic acids is 1. The van der Waals surface area contributed by atoms with Crippen LogP contribution in [0.1, 0.15) is 11.9 Å². The van der Waals surface area contributed by atoms with Gasteiger partial charge in [-0.2, -0.15) is 0 Å². The largest absolute Gasteiger partial charge is 0.481 e. The van der Waals surface area contributed by atoms with E-state index in [4.69, 9.17) is 10.5 Å². The summed E-state index contributed by atoms with van der Waals surface area (Å²) in [5, 5.41) is 2.97. The van der Waals surface area contributed by atoms with Crippen molar-refractivity contribution in [2.24, 2.45) is 5.73 Å². The van der Waals surface area contributed by atoms with Gasteiger partial charge in [-0.3, -0.25) is 9.69 Å². The van der Waals surface area contributed by atoms with Crippen molar-refractivity contribution in [3.63, 3.8) is 0 Å². The number of carbonyl (C=O) groups is 1. The van der Waals surface area contributed by atoms with Gasteiger partial charge in [0.15, 0.2) is 5.82 Å². The Morgan fingerprint density at radius 1 is 1.38 bits per heavy atom. The van der Waals surface area contributed by atoms with Gasteiger partial charge < -0.3 is 15.8 Å². The number of aromatic nitrogens is 2. The molecule has 2 aromatic rings. The zero-order chi connectivity index (χ0) is 14.8. The third-order valence-electron chi connectivity index (χ3n) is 3.26. The summed E-state index contributed by atoms with van der Waals surface area (Å²) in [6.45, 7) is 0.154. The van der Waals surface area contributed by atoms with Gasteiger partial charge in [-0.15, -0.1) is 0 Å². The van der Waals surface area contributed by atoms with Crippen molar-refractivity contribution in [2.75, 3.05) is 23.9 Å². The van der Waals surface area contributed by atoms with E-state index in [0.717, 1.165) is 0 Å². The fourth-order valence-electron chi connectivity index (χ4n) is 2.25. The lowest BCUT2D eigenvalue weighted by Gasteiger charge is -2.33. The van der Waals surface area contributed by atoms with Gasteiger partial charge in [0.2, 0.25) is 11.8 Å². The molecule has 21 heavy (non-hydrogen) atoms. The monoisotopic (exact) mass is 285 g/mol. The minimum absolute atomic E-state index is 0.132. The number of nitrogens with two attached hydrogens (primary N) is 1. The van der Waals surface area contributed by atoms with Gasteiger partial charge in [0.25, 0.3) is 0 Å². The maximum absolute atomic E-state index is 12.2. The van der Waals surface area contributed by atoms with Crippen LogP contribution in [0.25, 0.3) is 0 Å². The summed E-state index contributed by atoms with van der Waals surface area (Å²) >= 11 is 0. The van der Waals surface area contributed by atoms with Gasteiger partial charge in [0, 0.05) is 12.3 Å². The van der Waals surface area contributed by atoms with Crippen molar-refractivity contribution in [3.05, 3.63) is 42.2 Å². The molecule has 1 unspecified atom stereocenters. The maximum atomic E-state index is 12.2. The standard InChI is InChI=1S/C14H15N5O2/c1-21-11-6-2-4-9(18-11)13(15)19-10-5-3-7-16-14(10)17-8-12(19)20/h2-7,13H,8,15H2,1H3,(H,16,17). The third-order valence-corrected chi connectivity index (χ3v) is 3.26. The topological polar surface area (TPSA) is 93.4 Å². The predicted molar refractivity (Wildman–Crippen MR) is 77.9 cm³/mol. The average molecular weight is 285 g/mol. The molecule has 3 N–H and O–H groups in total. The average Bonchev–Trinajstić information content (AvgIpc) is 2.54. The molecule has 1 amide bonds. The number of rotatable bonds is 3. The van der Waals surface area contributed by atoms with Gasteiger partial charge >= 0.3 is 0 Å². The first kappa shape index (κ1) is 13.3. The van der Waals surface area contributed by atoms with Crippen LogP contribution in [0, 0.1) is 0 Å². The molecule has 0 aliphatic carbocycles. The Balaban J connectivity index is 2.00. The summed E-state index contributed by atoms with van der Waals surface area (Å²) in [7, 11) is 1.53. The van der Waals surface area contributed by atoms with Crippen LogP contribution >= 0.6 is 0 Å². The number of anilines is 2. The van der Waals surface area contributed by atoms with E-state index < -0.39 is 6.17 Å². The number of nitrogens with zero attached hydrogens (tertiary/aromatic N) is 3. The number of amides is 1. The molecule has 3 heterocycles. The van der Waals surface area contributed by atoms with Crippen molar-refractivity contribution in [3.8, 4) is 5.88 Å². The van der Waals surface area contributed by atoms with E-state index in [-0.39, 0.29) is 12.5 Å². The summed E-state index contributed by atoms with van der Waals surface area (Å²) < 4.78 is 5.09. The molecule has 0 bridgehead atoms. The zero-order valence-corrected chi connectivity index (χ0v) is 11.5. The minimum atomic E-state index is -0.697. The Kier molecular flexibility index (Phi) is 3.41. The normalized spacial score (nSPS) is 15.1. The summed E-state index contributed by atoms with van der Waals surface area (Å²) in [5.74, 6) is 0.958. The Morgan fingerprint density at radius 3 is 3.05 bits per heavy atom. The zero-order valence-electron chi connectivity index (χ0n) is 11.5. The van der Waals surface area contributed by atoms with E-state index in [1.54, 1.807) is 36.5 Å². The summed E-state index contributed by atoms with van der Waals surface area (Å²) in [6.07, 6.45) is 0.965. The number of ether oxygens (including phenoxy) is 1. The lowest BCUT2D eigenvalue weighted by Crippen LogP contribution is -2.46. The fourth-order valence-corrected chi connectivity index (χ4v) is 2.25. The van der Waals surface area contributed by atoms with Crippen molar-refractivity contribution < 1.29 is 9.53 Å². The highest BCUT2D eigenvalue weighted by molar-refractivity contribution is 6.02. The van der Waals surface area contributed by atoms with E-state index in [1.165, 1.54) is 12.0 Å². The first-order valence-electron chi connectivity index (χ1n) is 6.48. The molecular weight excluding hydrogens is 270 g/mol. The van der Waals surface area contributed by atoms with Gasteiger partial charge in [-0.05, 0) is 18.2 Å². The number of fused-ring (bicyclic) bond motifs is 1. The Labute approximate surface area is 121 Å². The van der Waals surface area contributed by atoms with Crippen molar-refractivity contribution in [2.45, 2.75) is 6.17 Å². The molecule has 2 aromatic heterocycles. The van der Waals surface area contributed by atoms with E-state index in [0.29, 0.717) is 23.1 Å². The first-order chi connectivity index (χ1) is 10.2.